The lowest BCUT2D eigenvalue weighted by molar-refractivity contribution is -0.128. The van der Waals surface area contributed by atoms with Gasteiger partial charge in [-0.25, -0.2) is 9.89 Å². The number of H-pyrrole nitrogens is 1. The van der Waals surface area contributed by atoms with Crippen molar-refractivity contribution in [2.75, 3.05) is 31.9 Å². The molecule has 19 heavy (non-hydrogen) atoms. The summed E-state index contributed by atoms with van der Waals surface area (Å²) in [6, 6.07) is 0.0306. The fourth-order valence-corrected chi connectivity index (χ4v) is 2.96. The molecule has 0 saturated carbocycles. The summed E-state index contributed by atoms with van der Waals surface area (Å²) in [6.07, 6.45) is 0. The van der Waals surface area contributed by atoms with Crippen molar-refractivity contribution in [2.45, 2.75) is 25.0 Å². The third-order valence-corrected chi connectivity index (χ3v) is 3.92. The van der Waals surface area contributed by atoms with Crippen LogP contribution in [0.4, 0.5) is 0 Å². The Kier molecular flexibility index (Phi) is 4.65. The van der Waals surface area contributed by atoms with E-state index in [1.54, 1.807) is 4.57 Å². The van der Waals surface area contributed by atoms with E-state index in [0.717, 1.165) is 26.2 Å². The summed E-state index contributed by atoms with van der Waals surface area (Å²) in [5.41, 5.74) is -0.230. The molecule has 0 unspecified atom stereocenters. The number of hydrogen-bond donors (Lipinski definition) is 2. The summed E-state index contributed by atoms with van der Waals surface area (Å²) in [4.78, 5) is 25.4. The lowest BCUT2D eigenvalue weighted by atomic mass is 10.3. The molecule has 1 aliphatic rings. The Labute approximate surface area is 115 Å². The lowest BCUT2D eigenvalue weighted by Crippen LogP contribution is -2.47. The number of nitrogens with one attached hydrogen (secondary N) is 2. The molecule has 1 amide bonds. The van der Waals surface area contributed by atoms with Crippen molar-refractivity contribution in [2.24, 2.45) is 0 Å². The van der Waals surface area contributed by atoms with Crippen molar-refractivity contribution in [1.82, 2.24) is 25.0 Å². The van der Waals surface area contributed by atoms with E-state index >= 15 is 0 Å². The summed E-state index contributed by atoms with van der Waals surface area (Å²) in [5, 5.41) is 10.2. The smallest absolute Gasteiger partial charge is 0.339 e. The van der Waals surface area contributed by atoms with E-state index in [2.05, 4.69) is 15.5 Å². The number of hydrogen-bond acceptors (Lipinski definition) is 5. The molecule has 2 heterocycles. The highest BCUT2D eigenvalue weighted by atomic mass is 32.2. The maximum Gasteiger partial charge on any atom is 0.344 e. The van der Waals surface area contributed by atoms with Crippen LogP contribution < -0.4 is 11.0 Å². The minimum atomic E-state index is -0.230. The highest BCUT2D eigenvalue weighted by Crippen LogP contribution is 2.17. The zero-order chi connectivity index (χ0) is 13.8. The Bertz CT molecular complexity index is 490. The van der Waals surface area contributed by atoms with Gasteiger partial charge in [0.15, 0.2) is 5.16 Å². The van der Waals surface area contributed by atoms with Crippen LogP contribution in [0.3, 0.4) is 0 Å². The molecule has 1 fully saturated rings. The van der Waals surface area contributed by atoms with Crippen molar-refractivity contribution in [3.05, 3.63) is 10.5 Å². The van der Waals surface area contributed by atoms with Crippen molar-refractivity contribution in [3.63, 3.8) is 0 Å². The molecule has 0 spiro atoms. The summed E-state index contributed by atoms with van der Waals surface area (Å²) in [5.74, 6) is 0.411. The fourth-order valence-electron chi connectivity index (χ4n) is 1.98. The van der Waals surface area contributed by atoms with E-state index < -0.39 is 0 Å². The van der Waals surface area contributed by atoms with Crippen LogP contribution in [0.5, 0.6) is 0 Å². The maximum atomic E-state index is 12.0. The van der Waals surface area contributed by atoms with Gasteiger partial charge >= 0.3 is 5.69 Å². The quantitative estimate of drug-likeness (QED) is 0.741. The fraction of sp³-hybridized carbons (Fsp3) is 0.727. The molecule has 0 aliphatic carbocycles. The molecule has 0 atom stereocenters. The van der Waals surface area contributed by atoms with Crippen LogP contribution >= 0.6 is 11.8 Å². The Morgan fingerprint density at radius 1 is 1.42 bits per heavy atom. The number of carbonyl (C=O) groups is 1. The van der Waals surface area contributed by atoms with Crippen molar-refractivity contribution >= 4 is 17.7 Å². The van der Waals surface area contributed by atoms with Gasteiger partial charge in [0.1, 0.15) is 0 Å². The first-order valence-corrected chi connectivity index (χ1v) is 7.36. The van der Waals surface area contributed by atoms with Crippen LogP contribution in [0, 0.1) is 0 Å². The number of aromatic nitrogens is 3. The van der Waals surface area contributed by atoms with Gasteiger partial charge in [0, 0.05) is 32.2 Å². The molecular weight excluding hydrogens is 266 g/mol. The maximum absolute atomic E-state index is 12.0. The second-order valence-electron chi connectivity index (χ2n) is 4.69. The van der Waals surface area contributed by atoms with Crippen LogP contribution in [0.15, 0.2) is 9.95 Å². The third-order valence-electron chi connectivity index (χ3n) is 2.98. The topological polar surface area (TPSA) is 83.0 Å². The average Bonchev–Trinajstić information content (AvgIpc) is 2.78. The monoisotopic (exact) mass is 285 g/mol. The zero-order valence-electron chi connectivity index (χ0n) is 11.2. The Hall–Kier alpha value is -1.28. The molecule has 1 aliphatic heterocycles. The van der Waals surface area contributed by atoms with Gasteiger partial charge in [0.2, 0.25) is 5.91 Å². The molecule has 2 rings (SSSR count). The molecule has 0 radical (unpaired) electrons. The SMILES string of the molecule is CC(C)n1c(SCC(=O)N2CCNCC2)n[nH]c1=O. The molecule has 8 heteroatoms. The van der Waals surface area contributed by atoms with E-state index in [4.69, 9.17) is 0 Å². The van der Waals surface area contributed by atoms with Crippen LogP contribution in [-0.2, 0) is 4.79 Å². The predicted octanol–water partition coefficient (Wildman–Crippen LogP) is -0.324. The first-order valence-electron chi connectivity index (χ1n) is 6.38. The predicted molar refractivity (Wildman–Crippen MR) is 73.4 cm³/mol. The number of carbonyl (C=O) groups excluding carboxylic acids is 1. The number of aromatic amines is 1. The molecule has 7 nitrogen and oxygen atoms in total. The number of rotatable bonds is 4. The van der Waals surface area contributed by atoms with Gasteiger partial charge < -0.3 is 10.2 Å². The summed E-state index contributed by atoms with van der Waals surface area (Å²) in [7, 11) is 0. The van der Waals surface area contributed by atoms with Crippen LogP contribution in [0.1, 0.15) is 19.9 Å². The van der Waals surface area contributed by atoms with E-state index in [1.807, 2.05) is 18.7 Å². The van der Waals surface area contributed by atoms with Crippen molar-refractivity contribution in [1.29, 1.82) is 0 Å². The number of amides is 1. The van der Waals surface area contributed by atoms with Gasteiger partial charge in [0.05, 0.1) is 5.75 Å². The molecule has 1 aromatic heterocycles. The number of piperazine rings is 1. The molecule has 2 N–H and O–H groups in total. The van der Waals surface area contributed by atoms with E-state index in [9.17, 15) is 9.59 Å². The largest absolute Gasteiger partial charge is 0.344 e. The normalized spacial score (nSPS) is 16.1. The Morgan fingerprint density at radius 2 is 2.11 bits per heavy atom. The molecule has 0 bridgehead atoms. The van der Waals surface area contributed by atoms with Gasteiger partial charge in [-0.2, -0.15) is 0 Å². The summed E-state index contributed by atoms with van der Waals surface area (Å²) < 4.78 is 1.57. The van der Waals surface area contributed by atoms with Crippen LogP contribution in [0.2, 0.25) is 0 Å². The van der Waals surface area contributed by atoms with Gasteiger partial charge in [-0.3, -0.25) is 9.36 Å². The van der Waals surface area contributed by atoms with Gasteiger partial charge in [-0.15, -0.1) is 5.10 Å². The van der Waals surface area contributed by atoms with E-state index in [1.165, 1.54) is 11.8 Å². The Morgan fingerprint density at radius 3 is 2.74 bits per heavy atom. The highest BCUT2D eigenvalue weighted by molar-refractivity contribution is 7.99. The number of nitrogens with zero attached hydrogens (tertiary/aromatic N) is 3. The zero-order valence-corrected chi connectivity index (χ0v) is 12.0. The molecule has 106 valence electrons. The number of thioether (sulfide) groups is 1. The average molecular weight is 285 g/mol. The minimum Gasteiger partial charge on any atom is -0.339 e. The van der Waals surface area contributed by atoms with Gasteiger partial charge in [-0.1, -0.05) is 11.8 Å². The van der Waals surface area contributed by atoms with Crippen molar-refractivity contribution in [3.8, 4) is 0 Å². The molecule has 1 aromatic rings. The second-order valence-corrected chi connectivity index (χ2v) is 5.64. The first kappa shape index (κ1) is 14.1. The van der Waals surface area contributed by atoms with E-state index in [0.29, 0.717) is 10.9 Å². The first-order chi connectivity index (χ1) is 9.09. The summed E-state index contributed by atoms with van der Waals surface area (Å²) in [6.45, 7) is 7.01. The van der Waals surface area contributed by atoms with Crippen LogP contribution in [0.25, 0.3) is 0 Å². The summed E-state index contributed by atoms with van der Waals surface area (Å²) >= 11 is 1.31. The van der Waals surface area contributed by atoms with Gasteiger partial charge in [-0.05, 0) is 13.8 Å². The molecular formula is C11H19N5O2S. The third kappa shape index (κ3) is 3.38. The minimum absolute atomic E-state index is 0.0306. The molecule has 1 saturated heterocycles. The highest BCUT2D eigenvalue weighted by Gasteiger charge is 2.18. The van der Waals surface area contributed by atoms with E-state index in [-0.39, 0.29) is 17.6 Å². The Balaban J connectivity index is 1.95. The second kappa shape index (κ2) is 6.25. The standard InChI is InChI=1S/C11H19N5O2S/c1-8(2)16-10(18)13-14-11(16)19-7-9(17)15-5-3-12-4-6-15/h8,12H,3-7H2,1-2H3,(H,13,18). The molecule has 0 aromatic carbocycles. The lowest BCUT2D eigenvalue weighted by Gasteiger charge is -2.27. The van der Waals surface area contributed by atoms with Crippen molar-refractivity contribution < 1.29 is 4.79 Å². The van der Waals surface area contributed by atoms with Gasteiger partial charge in [0.25, 0.3) is 0 Å². The van der Waals surface area contributed by atoms with Crippen LogP contribution in [-0.4, -0.2) is 57.5 Å².